The SMILES string of the molecule is CC.CC.CC.CC.CC.CC.CC.CCc1cccc(C)c1.Cc1ccc(-c2ccc(/C=C/c3ccc(-c4ccc(C)c5ccccc45)c4ccccc34)cc2)cc1.Cc1cccc(C(C)(C)C)c1.Cc1cccc(C(C)(C)C)c1.Cc1cccc(C)c1. The Morgan fingerprint density at radius 3 is 0.989 bits per heavy atom. The maximum absolute atomic E-state index is 2.28. The van der Waals surface area contributed by atoms with Gasteiger partial charge in [0.1, 0.15) is 0 Å². The Balaban J connectivity index is 0. The Labute approximate surface area is 549 Å². The highest BCUT2D eigenvalue weighted by atomic mass is 14.2. The smallest absolute Gasteiger partial charge is 0.00987 e. The molecular weight excluding hydrogens is 1070 g/mol. The number of hydrogen-bond donors (Lipinski definition) is 0. The molecule has 0 aromatic heterocycles. The summed E-state index contributed by atoms with van der Waals surface area (Å²) in [5.41, 5.74) is 21.6. The number of benzene rings is 10. The van der Waals surface area contributed by atoms with Crippen molar-refractivity contribution in [1.82, 2.24) is 0 Å². The summed E-state index contributed by atoms with van der Waals surface area (Å²) >= 11 is 0. The van der Waals surface area contributed by atoms with Crippen LogP contribution in [0.4, 0.5) is 0 Å². The van der Waals surface area contributed by atoms with E-state index >= 15 is 0 Å². The van der Waals surface area contributed by atoms with Crippen molar-refractivity contribution in [2.45, 2.75) is 211 Å². The monoisotopic (exact) mass is 1190 g/mol. The molecule has 480 valence electrons. The highest BCUT2D eigenvalue weighted by Crippen LogP contribution is 2.37. The van der Waals surface area contributed by atoms with Gasteiger partial charge in [0, 0.05) is 0 Å². The largest absolute Gasteiger partial charge is 0.0683 e. The molecular formula is C89H124. The third kappa shape index (κ3) is 30.5. The predicted molar refractivity (Wildman–Crippen MR) is 413 cm³/mol. The van der Waals surface area contributed by atoms with E-state index in [0.29, 0.717) is 0 Å². The standard InChI is InChI=1S/C36H28.2C11H16.C9H12.C8H10.7C2H6/c1-25-11-17-28(18-12-25)29-19-14-27(15-20-29)16-21-30-22-24-36(34-10-6-4-8-32(30)34)35-23-13-26(2)31-7-3-5-9-33(31)35;2*1-9-6-5-7-10(8-9)11(2,3)4;1-3-9-6-4-5-8(2)7-9;1-7-4-3-5-8(2)6-7;7*1-2/h3-24H,1-2H3;2*5-8H,1-4H3;4-7H,3H2,1-2H3;3-6H,1-2H3;7*1-2H3/b21-16+;;;;;;;;;;;. The first-order chi connectivity index (χ1) is 42.8. The van der Waals surface area contributed by atoms with Crippen LogP contribution in [0.25, 0.3) is 56.0 Å². The first-order valence-corrected chi connectivity index (χ1v) is 33.9. The molecule has 10 aromatic carbocycles. The van der Waals surface area contributed by atoms with Crippen LogP contribution >= 0.6 is 0 Å². The molecule has 0 heterocycles. The second-order valence-electron chi connectivity index (χ2n) is 22.3. The molecule has 0 radical (unpaired) electrons. The van der Waals surface area contributed by atoms with E-state index in [1.807, 2.05) is 96.9 Å². The van der Waals surface area contributed by atoms with Gasteiger partial charge in [0.2, 0.25) is 0 Å². The molecule has 10 aromatic rings. The zero-order valence-electron chi connectivity index (χ0n) is 61.6. The van der Waals surface area contributed by atoms with Gasteiger partial charge in [-0.25, -0.2) is 0 Å². The van der Waals surface area contributed by atoms with Gasteiger partial charge in [-0.15, -0.1) is 0 Å². The molecule has 0 saturated heterocycles. The van der Waals surface area contributed by atoms with Crippen molar-refractivity contribution in [3.05, 3.63) is 285 Å². The van der Waals surface area contributed by atoms with Crippen molar-refractivity contribution in [3.63, 3.8) is 0 Å². The van der Waals surface area contributed by atoms with E-state index in [-0.39, 0.29) is 10.8 Å². The fourth-order valence-electron chi connectivity index (χ4n) is 9.07. The van der Waals surface area contributed by atoms with Crippen molar-refractivity contribution in [1.29, 1.82) is 0 Å². The Morgan fingerprint density at radius 1 is 0.281 bits per heavy atom. The van der Waals surface area contributed by atoms with E-state index in [2.05, 4.69) is 327 Å². The fourth-order valence-corrected chi connectivity index (χ4v) is 9.07. The van der Waals surface area contributed by atoms with Gasteiger partial charge >= 0.3 is 0 Å². The number of aryl methyl sites for hydroxylation is 8. The van der Waals surface area contributed by atoms with Crippen molar-refractivity contribution >= 4 is 33.7 Å². The topological polar surface area (TPSA) is 0 Å². The van der Waals surface area contributed by atoms with Crippen molar-refractivity contribution in [3.8, 4) is 22.3 Å². The normalized spacial score (nSPS) is 9.80. The highest BCUT2D eigenvalue weighted by Gasteiger charge is 2.14. The Bertz CT molecular complexity index is 3350. The Kier molecular flexibility index (Phi) is 44.5. The number of fused-ring (bicyclic) bond motifs is 2. The van der Waals surface area contributed by atoms with E-state index in [9.17, 15) is 0 Å². The molecule has 0 amide bonds. The van der Waals surface area contributed by atoms with Crippen LogP contribution in [0.3, 0.4) is 0 Å². The summed E-state index contributed by atoms with van der Waals surface area (Å²) in [6.07, 6.45) is 5.59. The Hall–Kier alpha value is -7.54. The summed E-state index contributed by atoms with van der Waals surface area (Å²) in [6, 6.07) is 78.4. The molecule has 0 heteroatoms. The van der Waals surface area contributed by atoms with Gasteiger partial charge in [-0.05, 0) is 143 Å². The molecule has 0 nitrogen and oxygen atoms in total. The van der Waals surface area contributed by atoms with Crippen LogP contribution in [0.1, 0.15) is 212 Å². The molecule has 0 atom stereocenters. The van der Waals surface area contributed by atoms with Gasteiger partial charge in [0.25, 0.3) is 0 Å². The second kappa shape index (κ2) is 47.5. The number of rotatable bonds is 5. The summed E-state index contributed by atoms with van der Waals surface area (Å²) in [7, 11) is 0. The van der Waals surface area contributed by atoms with Gasteiger partial charge < -0.3 is 0 Å². The van der Waals surface area contributed by atoms with Gasteiger partial charge in [0.05, 0.1) is 0 Å². The van der Waals surface area contributed by atoms with E-state index in [1.54, 1.807) is 0 Å². The molecule has 0 N–H and O–H groups in total. The quantitative estimate of drug-likeness (QED) is 0.151. The predicted octanol–water partition coefficient (Wildman–Crippen LogP) is 28.7. The summed E-state index contributed by atoms with van der Waals surface area (Å²) in [5, 5.41) is 5.17. The van der Waals surface area contributed by atoms with Gasteiger partial charge in [0.15, 0.2) is 0 Å². The highest BCUT2D eigenvalue weighted by molar-refractivity contribution is 6.08. The second-order valence-corrected chi connectivity index (χ2v) is 22.3. The molecule has 0 bridgehead atoms. The first-order valence-electron chi connectivity index (χ1n) is 33.9. The zero-order chi connectivity index (χ0) is 68.1. The fraction of sp³-hybridized carbons (Fsp3) is 0.348. The maximum atomic E-state index is 2.28. The zero-order valence-corrected chi connectivity index (χ0v) is 61.6. The Morgan fingerprint density at radius 2 is 0.629 bits per heavy atom. The van der Waals surface area contributed by atoms with Crippen LogP contribution in [0, 0.1) is 48.5 Å². The van der Waals surface area contributed by atoms with Crippen molar-refractivity contribution < 1.29 is 0 Å². The van der Waals surface area contributed by atoms with Crippen LogP contribution in [-0.4, -0.2) is 0 Å². The lowest BCUT2D eigenvalue weighted by atomic mass is 9.86. The molecule has 0 saturated carbocycles. The number of hydrogen-bond acceptors (Lipinski definition) is 0. The van der Waals surface area contributed by atoms with Crippen LogP contribution in [0.2, 0.25) is 0 Å². The molecule has 0 aliphatic heterocycles. The molecule has 0 unspecified atom stereocenters. The lowest BCUT2D eigenvalue weighted by Gasteiger charge is -2.19. The minimum Gasteiger partial charge on any atom is -0.0683 e. The minimum atomic E-state index is 0.284. The van der Waals surface area contributed by atoms with Gasteiger partial charge in [-0.2, -0.15) is 0 Å². The van der Waals surface area contributed by atoms with Gasteiger partial charge in [-0.1, -0.05) is 409 Å². The average molecular weight is 1190 g/mol. The summed E-state index contributed by atoms with van der Waals surface area (Å²) in [5.74, 6) is 0. The molecule has 0 spiro atoms. The molecule has 89 heavy (non-hydrogen) atoms. The maximum Gasteiger partial charge on any atom is -0.00987 e. The van der Waals surface area contributed by atoms with Gasteiger partial charge in [-0.3, -0.25) is 0 Å². The average Bonchev–Trinajstić information content (AvgIpc) is 0.882. The van der Waals surface area contributed by atoms with Crippen LogP contribution in [0.5, 0.6) is 0 Å². The van der Waals surface area contributed by atoms with Crippen LogP contribution in [0.15, 0.2) is 218 Å². The molecule has 10 rings (SSSR count). The van der Waals surface area contributed by atoms with E-state index in [0.717, 1.165) is 6.42 Å². The molecule has 0 fully saturated rings. The lowest BCUT2D eigenvalue weighted by molar-refractivity contribution is 0.589. The van der Waals surface area contributed by atoms with E-state index < -0.39 is 0 Å². The van der Waals surface area contributed by atoms with Crippen molar-refractivity contribution in [2.24, 2.45) is 0 Å². The summed E-state index contributed by atoms with van der Waals surface area (Å²) in [6.45, 7) is 58.5. The van der Waals surface area contributed by atoms with Crippen LogP contribution < -0.4 is 0 Å². The minimum absolute atomic E-state index is 0.284. The van der Waals surface area contributed by atoms with E-state index in [1.165, 1.54) is 111 Å². The van der Waals surface area contributed by atoms with Crippen LogP contribution in [-0.2, 0) is 17.3 Å². The summed E-state index contributed by atoms with van der Waals surface area (Å²) in [4.78, 5) is 0. The third-order valence-electron chi connectivity index (χ3n) is 13.6. The summed E-state index contributed by atoms with van der Waals surface area (Å²) < 4.78 is 0. The first kappa shape index (κ1) is 83.5. The van der Waals surface area contributed by atoms with E-state index in [4.69, 9.17) is 0 Å². The molecule has 0 aliphatic carbocycles. The third-order valence-corrected chi connectivity index (χ3v) is 13.6. The lowest BCUT2D eigenvalue weighted by Crippen LogP contribution is -2.10. The molecule has 0 aliphatic rings. The van der Waals surface area contributed by atoms with Crippen molar-refractivity contribution in [2.75, 3.05) is 0 Å².